The number of benzene rings is 1. The number of rotatable bonds is 3. The molecule has 5 heteroatoms. The van der Waals surface area contributed by atoms with Gasteiger partial charge in [-0.1, -0.05) is 0 Å². The van der Waals surface area contributed by atoms with E-state index in [1.165, 1.54) is 6.07 Å². The van der Waals surface area contributed by atoms with Crippen molar-refractivity contribution in [3.63, 3.8) is 0 Å². The fourth-order valence-corrected chi connectivity index (χ4v) is 3.03. The van der Waals surface area contributed by atoms with Gasteiger partial charge in [-0.25, -0.2) is 13.8 Å². The first-order valence-electron chi connectivity index (χ1n) is 7.20. The highest BCUT2D eigenvalue weighted by Gasteiger charge is 2.24. The van der Waals surface area contributed by atoms with Gasteiger partial charge in [0.05, 0.1) is 6.10 Å². The first-order valence-corrected chi connectivity index (χ1v) is 7.20. The van der Waals surface area contributed by atoms with Crippen molar-refractivity contribution < 1.29 is 13.5 Å². The number of halogens is 2. The SMILES string of the molecule is COC1CCC(n2ccnc2-c2ccc(F)c(F)c2)CC1. The second-order valence-electron chi connectivity index (χ2n) is 5.45. The normalized spacial score (nSPS) is 22.4. The van der Waals surface area contributed by atoms with Crippen LogP contribution < -0.4 is 0 Å². The first kappa shape index (κ1) is 14.2. The minimum atomic E-state index is -0.842. The van der Waals surface area contributed by atoms with Crippen molar-refractivity contribution in [1.82, 2.24) is 9.55 Å². The Kier molecular flexibility index (Phi) is 4.01. The molecule has 21 heavy (non-hydrogen) atoms. The standard InChI is InChI=1S/C16H18F2N2O/c1-21-13-5-3-12(4-6-13)20-9-8-19-16(20)11-2-7-14(17)15(18)10-11/h2,7-10,12-13H,3-6H2,1H3. The minimum absolute atomic E-state index is 0.330. The molecule has 1 aliphatic rings. The summed E-state index contributed by atoms with van der Waals surface area (Å²) >= 11 is 0. The van der Waals surface area contributed by atoms with Crippen LogP contribution in [0.5, 0.6) is 0 Å². The lowest BCUT2D eigenvalue weighted by atomic mass is 9.92. The predicted octanol–water partition coefficient (Wildman–Crippen LogP) is 3.96. The van der Waals surface area contributed by atoms with E-state index in [1.54, 1.807) is 19.4 Å². The van der Waals surface area contributed by atoms with Crippen LogP contribution in [0, 0.1) is 11.6 Å². The number of hydrogen-bond donors (Lipinski definition) is 0. The summed E-state index contributed by atoms with van der Waals surface area (Å²) in [5, 5.41) is 0. The second-order valence-corrected chi connectivity index (χ2v) is 5.45. The van der Waals surface area contributed by atoms with Gasteiger partial charge < -0.3 is 9.30 Å². The Labute approximate surface area is 122 Å². The molecule has 3 nitrogen and oxygen atoms in total. The summed E-state index contributed by atoms with van der Waals surface area (Å²) in [5.74, 6) is -0.989. The Morgan fingerprint density at radius 2 is 1.90 bits per heavy atom. The summed E-state index contributed by atoms with van der Waals surface area (Å²) in [6, 6.07) is 4.25. The van der Waals surface area contributed by atoms with Crippen LogP contribution in [0.15, 0.2) is 30.6 Å². The molecule has 0 bridgehead atoms. The van der Waals surface area contributed by atoms with Gasteiger partial charge in [0.25, 0.3) is 0 Å². The summed E-state index contributed by atoms with van der Waals surface area (Å²) in [6.07, 6.45) is 7.98. The Balaban J connectivity index is 1.85. The third-order valence-corrected chi connectivity index (χ3v) is 4.22. The summed E-state index contributed by atoms with van der Waals surface area (Å²) in [4.78, 5) is 4.31. The van der Waals surface area contributed by atoms with Crippen LogP contribution >= 0.6 is 0 Å². The third kappa shape index (κ3) is 2.83. The van der Waals surface area contributed by atoms with E-state index in [0.717, 1.165) is 31.7 Å². The minimum Gasteiger partial charge on any atom is -0.381 e. The highest BCUT2D eigenvalue weighted by atomic mass is 19.2. The fraction of sp³-hybridized carbons (Fsp3) is 0.438. The van der Waals surface area contributed by atoms with Gasteiger partial charge in [0.2, 0.25) is 0 Å². The summed E-state index contributed by atoms with van der Waals surface area (Å²) in [7, 11) is 1.74. The molecule has 3 rings (SSSR count). The van der Waals surface area contributed by atoms with E-state index in [4.69, 9.17) is 4.74 Å². The van der Waals surface area contributed by atoms with Crippen molar-refractivity contribution in [1.29, 1.82) is 0 Å². The summed E-state index contributed by atoms with van der Waals surface area (Å²) in [6.45, 7) is 0. The lowest BCUT2D eigenvalue weighted by molar-refractivity contribution is 0.0586. The van der Waals surface area contributed by atoms with Crippen molar-refractivity contribution in [3.05, 3.63) is 42.2 Å². The lowest BCUT2D eigenvalue weighted by Gasteiger charge is -2.29. The van der Waals surface area contributed by atoms with Crippen LogP contribution in [0.25, 0.3) is 11.4 Å². The fourth-order valence-electron chi connectivity index (χ4n) is 3.03. The Hall–Kier alpha value is -1.75. The monoisotopic (exact) mass is 292 g/mol. The molecule has 0 N–H and O–H groups in total. The Bertz CT molecular complexity index is 618. The summed E-state index contributed by atoms with van der Waals surface area (Å²) < 4.78 is 33.9. The average Bonchev–Trinajstić information content (AvgIpc) is 2.99. The zero-order valence-corrected chi connectivity index (χ0v) is 11.9. The largest absolute Gasteiger partial charge is 0.381 e. The third-order valence-electron chi connectivity index (χ3n) is 4.22. The zero-order valence-electron chi connectivity index (χ0n) is 11.9. The highest BCUT2D eigenvalue weighted by Crippen LogP contribution is 2.33. The van der Waals surface area contributed by atoms with Gasteiger partial charge >= 0.3 is 0 Å². The molecular weight excluding hydrogens is 274 g/mol. The number of methoxy groups -OCH3 is 1. The smallest absolute Gasteiger partial charge is 0.159 e. The van der Waals surface area contributed by atoms with Crippen LogP contribution in [0.1, 0.15) is 31.7 Å². The Morgan fingerprint density at radius 3 is 2.57 bits per heavy atom. The quantitative estimate of drug-likeness (QED) is 0.856. The van der Waals surface area contributed by atoms with Gasteiger partial charge in [0.15, 0.2) is 11.6 Å². The number of nitrogens with zero attached hydrogens (tertiary/aromatic N) is 2. The molecule has 2 aromatic rings. The molecule has 0 unspecified atom stereocenters. The maximum atomic E-state index is 13.4. The molecule has 0 radical (unpaired) electrons. The molecule has 0 aliphatic heterocycles. The van der Waals surface area contributed by atoms with Crippen molar-refractivity contribution in [3.8, 4) is 11.4 Å². The predicted molar refractivity (Wildman–Crippen MR) is 75.9 cm³/mol. The summed E-state index contributed by atoms with van der Waals surface area (Å²) in [5.41, 5.74) is 0.604. The molecular formula is C16H18F2N2O. The Morgan fingerprint density at radius 1 is 1.14 bits per heavy atom. The molecule has 1 aromatic heterocycles. The van der Waals surface area contributed by atoms with E-state index < -0.39 is 11.6 Å². The van der Waals surface area contributed by atoms with Gasteiger partial charge in [0.1, 0.15) is 5.82 Å². The van der Waals surface area contributed by atoms with E-state index in [2.05, 4.69) is 9.55 Å². The van der Waals surface area contributed by atoms with Crippen molar-refractivity contribution in [2.75, 3.05) is 7.11 Å². The molecule has 1 fully saturated rings. The topological polar surface area (TPSA) is 27.1 Å². The van der Waals surface area contributed by atoms with E-state index >= 15 is 0 Å². The molecule has 1 saturated carbocycles. The van der Waals surface area contributed by atoms with Crippen LogP contribution in [0.2, 0.25) is 0 Å². The maximum absolute atomic E-state index is 13.4. The molecule has 0 saturated heterocycles. The van der Waals surface area contributed by atoms with Crippen LogP contribution in [0.4, 0.5) is 8.78 Å². The lowest BCUT2D eigenvalue weighted by Crippen LogP contribution is -2.22. The number of aromatic nitrogens is 2. The molecule has 1 heterocycles. The molecule has 0 amide bonds. The molecule has 1 aliphatic carbocycles. The van der Waals surface area contributed by atoms with Gasteiger partial charge in [-0.3, -0.25) is 0 Å². The van der Waals surface area contributed by atoms with Crippen molar-refractivity contribution in [2.45, 2.75) is 37.8 Å². The maximum Gasteiger partial charge on any atom is 0.159 e. The number of imidazole rings is 1. The second kappa shape index (κ2) is 5.93. The zero-order chi connectivity index (χ0) is 14.8. The van der Waals surface area contributed by atoms with Crippen LogP contribution in [-0.4, -0.2) is 22.8 Å². The van der Waals surface area contributed by atoms with E-state index in [0.29, 0.717) is 23.5 Å². The van der Waals surface area contributed by atoms with E-state index in [9.17, 15) is 8.78 Å². The highest BCUT2D eigenvalue weighted by molar-refractivity contribution is 5.55. The number of hydrogen-bond acceptors (Lipinski definition) is 2. The molecule has 0 spiro atoms. The van der Waals surface area contributed by atoms with Gasteiger partial charge in [0, 0.05) is 31.1 Å². The van der Waals surface area contributed by atoms with Gasteiger partial charge in [-0.2, -0.15) is 0 Å². The number of ether oxygens (including phenoxy) is 1. The van der Waals surface area contributed by atoms with Crippen molar-refractivity contribution in [2.24, 2.45) is 0 Å². The van der Waals surface area contributed by atoms with Crippen molar-refractivity contribution >= 4 is 0 Å². The van der Waals surface area contributed by atoms with E-state index in [1.807, 2.05) is 6.20 Å². The average molecular weight is 292 g/mol. The molecule has 0 atom stereocenters. The van der Waals surface area contributed by atoms with E-state index in [-0.39, 0.29) is 0 Å². The molecule has 1 aromatic carbocycles. The van der Waals surface area contributed by atoms with Crippen LogP contribution in [0.3, 0.4) is 0 Å². The first-order chi connectivity index (χ1) is 10.2. The van der Waals surface area contributed by atoms with Gasteiger partial charge in [-0.05, 0) is 43.9 Å². The van der Waals surface area contributed by atoms with Gasteiger partial charge in [-0.15, -0.1) is 0 Å². The molecule has 112 valence electrons. The van der Waals surface area contributed by atoms with Crippen LogP contribution in [-0.2, 0) is 4.74 Å².